The van der Waals surface area contributed by atoms with Crippen molar-refractivity contribution in [3.05, 3.63) is 5.92 Å². The fourth-order valence-electron chi connectivity index (χ4n) is 0.285. The first kappa shape index (κ1) is 7.47. The van der Waals surface area contributed by atoms with E-state index in [1.165, 1.54) is 0 Å². The number of rotatable bonds is 2. The Morgan fingerprint density at radius 1 is 1.50 bits per heavy atom. The molecule has 0 saturated heterocycles. The van der Waals surface area contributed by atoms with Gasteiger partial charge in [-0.3, -0.25) is 4.79 Å². The Morgan fingerprint density at radius 2 is 1.88 bits per heavy atom. The Balaban J connectivity index is 3.64. The molecule has 0 aliphatic rings. The lowest BCUT2D eigenvalue weighted by Crippen LogP contribution is -2.23. The zero-order valence-electron chi connectivity index (χ0n) is 5.56. The lowest BCUT2D eigenvalue weighted by atomic mass is 9.98. The summed E-state index contributed by atoms with van der Waals surface area (Å²) >= 11 is 0. The van der Waals surface area contributed by atoms with Gasteiger partial charge in [0, 0.05) is 5.92 Å². The number of hydrogen-bond donors (Lipinski definition) is 1. The molecule has 8 heavy (non-hydrogen) atoms. The predicted octanol–water partition coefficient (Wildman–Crippen LogP) is 0.722. The second kappa shape index (κ2) is 2.70. The van der Waals surface area contributed by atoms with Crippen LogP contribution in [0.4, 0.5) is 0 Å². The third-order valence-electron chi connectivity index (χ3n) is 1.29. The highest BCUT2D eigenvalue weighted by molar-refractivity contribution is 5.78. The molecule has 0 aliphatic carbocycles. The first-order chi connectivity index (χ1) is 3.55. The molecule has 2 N–H and O–H groups in total. The van der Waals surface area contributed by atoms with Crippen LogP contribution in [0.15, 0.2) is 0 Å². The summed E-state index contributed by atoms with van der Waals surface area (Å²) in [7, 11) is 0. The van der Waals surface area contributed by atoms with Crippen molar-refractivity contribution in [3.63, 3.8) is 0 Å². The summed E-state index contributed by atoms with van der Waals surface area (Å²) in [6.07, 6.45) is 0. The number of nitrogens with two attached hydrogens (primary N) is 1. The van der Waals surface area contributed by atoms with Crippen LogP contribution in [0.2, 0.25) is 0 Å². The van der Waals surface area contributed by atoms with Crippen LogP contribution in [-0.4, -0.2) is 5.91 Å². The van der Waals surface area contributed by atoms with Crippen molar-refractivity contribution in [1.29, 1.82) is 0 Å². The maximum atomic E-state index is 10.3. The van der Waals surface area contributed by atoms with Gasteiger partial charge in [0.15, 0.2) is 0 Å². The highest BCUT2D eigenvalue weighted by Gasteiger charge is 2.12. The van der Waals surface area contributed by atoms with Gasteiger partial charge in [0.05, 0.1) is 0 Å². The predicted molar refractivity (Wildman–Crippen MR) is 32.9 cm³/mol. The average Bonchev–Trinajstić information content (AvgIpc) is 1.64. The van der Waals surface area contributed by atoms with E-state index < -0.39 is 0 Å². The average molecular weight is 114 g/mol. The van der Waals surface area contributed by atoms with Crippen molar-refractivity contribution in [2.75, 3.05) is 0 Å². The normalized spacial score (nSPS) is 14.0. The highest BCUT2D eigenvalue weighted by Crippen LogP contribution is 2.09. The molecule has 0 aromatic carbocycles. The molecule has 0 fully saturated rings. The summed E-state index contributed by atoms with van der Waals surface area (Å²) in [5, 5.41) is 0. The van der Waals surface area contributed by atoms with E-state index >= 15 is 0 Å². The molecule has 1 radical (unpaired) electrons. The number of carbonyl (C=O) groups excluding carboxylic acids is 1. The summed E-state index contributed by atoms with van der Waals surface area (Å²) in [4.78, 5) is 10.3. The number of amides is 1. The van der Waals surface area contributed by atoms with Crippen molar-refractivity contribution in [2.24, 2.45) is 11.7 Å². The first-order valence-corrected chi connectivity index (χ1v) is 2.65. The van der Waals surface area contributed by atoms with Crippen LogP contribution in [0.5, 0.6) is 0 Å². The van der Waals surface area contributed by atoms with E-state index in [4.69, 9.17) is 5.73 Å². The third-order valence-corrected chi connectivity index (χ3v) is 1.29. The van der Waals surface area contributed by atoms with E-state index in [0.29, 0.717) is 0 Å². The number of primary amides is 1. The lowest BCUT2D eigenvalue weighted by molar-refractivity contribution is -0.120. The van der Waals surface area contributed by atoms with Crippen molar-refractivity contribution in [1.82, 2.24) is 0 Å². The fraction of sp³-hybridized carbons (Fsp3) is 0.667. The second-order valence-corrected chi connectivity index (χ2v) is 2.20. The number of carbonyl (C=O) groups is 1. The van der Waals surface area contributed by atoms with E-state index in [9.17, 15) is 4.79 Å². The standard InChI is InChI=1S/C6H12NO/c1-4(2)5(3)6(7)8/h5H,1-3H3,(H2,7,8). The van der Waals surface area contributed by atoms with Crippen LogP contribution in [-0.2, 0) is 4.79 Å². The van der Waals surface area contributed by atoms with Gasteiger partial charge in [0.1, 0.15) is 0 Å². The molecular formula is C6H12NO. The molecule has 1 atom stereocenters. The number of hydrogen-bond acceptors (Lipinski definition) is 1. The second-order valence-electron chi connectivity index (χ2n) is 2.20. The molecule has 0 bridgehead atoms. The largest absolute Gasteiger partial charge is 0.369 e. The molecular weight excluding hydrogens is 102 g/mol. The van der Waals surface area contributed by atoms with Crippen molar-refractivity contribution in [2.45, 2.75) is 20.8 Å². The lowest BCUT2D eigenvalue weighted by Gasteiger charge is -2.08. The minimum atomic E-state index is -0.245. The van der Waals surface area contributed by atoms with Crippen LogP contribution in [0.25, 0.3) is 0 Å². The maximum absolute atomic E-state index is 10.3. The molecule has 0 saturated carbocycles. The summed E-state index contributed by atoms with van der Waals surface area (Å²) in [6.45, 7) is 5.60. The molecule has 47 valence electrons. The molecule has 0 rings (SSSR count). The topological polar surface area (TPSA) is 43.1 Å². The Bertz CT molecular complexity index is 88.5. The Morgan fingerprint density at radius 3 is 1.88 bits per heavy atom. The van der Waals surface area contributed by atoms with Crippen LogP contribution >= 0.6 is 0 Å². The van der Waals surface area contributed by atoms with Crippen LogP contribution in [0.1, 0.15) is 20.8 Å². The molecule has 0 heterocycles. The molecule has 2 nitrogen and oxygen atoms in total. The smallest absolute Gasteiger partial charge is 0.220 e. The van der Waals surface area contributed by atoms with E-state index in [1.807, 2.05) is 13.8 Å². The Kier molecular flexibility index (Phi) is 2.52. The highest BCUT2D eigenvalue weighted by atomic mass is 16.1. The van der Waals surface area contributed by atoms with Crippen LogP contribution in [0, 0.1) is 11.8 Å². The van der Waals surface area contributed by atoms with Gasteiger partial charge in [0.25, 0.3) is 0 Å². The SMILES string of the molecule is C[C](C)C(C)C(N)=O. The maximum Gasteiger partial charge on any atom is 0.220 e. The van der Waals surface area contributed by atoms with Gasteiger partial charge in [-0.05, 0) is 5.92 Å². The van der Waals surface area contributed by atoms with Crippen molar-refractivity contribution in [3.8, 4) is 0 Å². The molecule has 1 unspecified atom stereocenters. The molecule has 0 spiro atoms. The minimum Gasteiger partial charge on any atom is -0.369 e. The monoisotopic (exact) mass is 114 g/mol. The molecule has 1 amide bonds. The van der Waals surface area contributed by atoms with Gasteiger partial charge >= 0.3 is 0 Å². The van der Waals surface area contributed by atoms with Gasteiger partial charge in [-0.25, -0.2) is 0 Å². The zero-order valence-corrected chi connectivity index (χ0v) is 5.56. The molecule has 0 aliphatic heterocycles. The molecule has 2 heteroatoms. The summed E-state index contributed by atoms with van der Waals surface area (Å²) in [5.41, 5.74) is 4.98. The van der Waals surface area contributed by atoms with Crippen LogP contribution in [0.3, 0.4) is 0 Å². The van der Waals surface area contributed by atoms with Crippen LogP contribution < -0.4 is 5.73 Å². The van der Waals surface area contributed by atoms with E-state index in [2.05, 4.69) is 0 Å². The Hall–Kier alpha value is -0.530. The van der Waals surface area contributed by atoms with Gasteiger partial charge in [-0.15, -0.1) is 0 Å². The minimum absolute atomic E-state index is 0.0741. The zero-order chi connectivity index (χ0) is 6.73. The first-order valence-electron chi connectivity index (χ1n) is 2.65. The third kappa shape index (κ3) is 1.96. The Labute approximate surface area is 50.1 Å². The van der Waals surface area contributed by atoms with Crippen molar-refractivity contribution < 1.29 is 4.79 Å². The van der Waals surface area contributed by atoms with E-state index in [1.54, 1.807) is 6.92 Å². The molecule has 0 aromatic heterocycles. The van der Waals surface area contributed by atoms with Crippen molar-refractivity contribution >= 4 is 5.91 Å². The molecule has 0 aromatic rings. The van der Waals surface area contributed by atoms with Gasteiger partial charge < -0.3 is 5.73 Å². The van der Waals surface area contributed by atoms with E-state index in [0.717, 1.165) is 5.92 Å². The quantitative estimate of drug-likeness (QED) is 0.564. The van der Waals surface area contributed by atoms with Gasteiger partial charge in [-0.1, -0.05) is 20.8 Å². The summed E-state index contributed by atoms with van der Waals surface area (Å²) < 4.78 is 0. The summed E-state index contributed by atoms with van der Waals surface area (Å²) in [5.74, 6) is 0.748. The van der Waals surface area contributed by atoms with Gasteiger partial charge in [0.2, 0.25) is 5.91 Å². The summed E-state index contributed by atoms with van der Waals surface area (Å²) in [6, 6.07) is 0. The van der Waals surface area contributed by atoms with Gasteiger partial charge in [-0.2, -0.15) is 0 Å². The van der Waals surface area contributed by atoms with E-state index in [-0.39, 0.29) is 11.8 Å². The fourth-order valence-corrected chi connectivity index (χ4v) is 0.285.